The number of amides is 1. The lowest BCUT2D eigenvalue weighted by Crippen LogP contribution is -2.24. The average molecular weight is 255 g/mol. The first-order valence-electron chi connectivity index (χ1n) is 5.41. The minimum absolute atomic E-state index is 0.104. The molecule has 1 amide bonds. The number of ether oxygens (including phenoxy) is 1. The first-order chi connectivity index (χ1) is 7.87. The van der Waals surface area contributed by atoms with Crippen LogP contribution in [-0.4, -0.2) is 17.5 Å². The fourth-order valence-electron chi connectivity index (χ4n) is 1.17. The molecule has 0 aliphatic rings. The number of anilines is 1. The van der Waals surface area contributed by atoms with Crippen molar-refractivity contribution in [2.24, 2.45) is 0 Å². The molecule has 1 N–H and O–H groups in total. The lowest BCUT2D eigenvalue weighted by Gasteiger charge is -2.19. The second kappa shape index (κ2) is 5.82. The second-order valence-electron chi connectivity index (χ2n) is 4.65. The fraction of sp³-hybridized carbons (Fsp3) is 0.500. The largest absolute Gasteiger partial charge is 0.460 e. The van der Waals surface area contributed by atoms with Crippen LogP contribution in [0.3, 0.4) is 0 Å². The highest BCUT2D eigenvalue weighted by Gasteiger charge is 2.17. The van der Waals surface area contributed by atoms with Crippen molar-refractivity contribution in [1.82, 2.24) is 0 Å². The van der Waals surface area contributed by atoms with Crippen LogP contribution in [0.4, 0.5) is 5.69 Å². The smallest absolute Gasteiger partial charge is 0.306 e. The number of hydrogen-bond acceptors (Lipinski definition) is 4. The van der Waals surface area contributed by atoms with Gasteiger partial charge in [-0.2, -0.15) is 11.3 Å². The van der Waals surface area contributed by atoms with Crippen molar-refractivity contribution in [3.63, 3.8) is 0 Å². The van der Waals surface area contributed by atoms with Crippen LogP contribution in [0.15, 0.2) is 16.8 Å². The van der Waals surface area contributed by atoms with Crippen molar-refractivity contribution >= 4 is 28.9 Å². The van der Waals surface area contributed by atoms with Gasteiger partial charge in [-0.3, -0.25) is 9.59 Å². The van der Waals surface area contributed by atoms with E-state index in [1.165, 1.54) is 11.3 Å². The third kappa shape index (κ3) is 6.06. The highest BCUT2D eigenvalue weighted by molar-refractivity contribution is 7.08. The molecule has 0 atom stereocenters. The average Bonchev–Trinajstić information content (AvgIpc) is 2.64. The molecule has 0 aliphatic heterocycles. The molecule has 0 saturated carbocycles. The number of esters is 1. The van der Waals surface area contributed by atoms with Gasteiger partial charge < -0.3 is 10.1 Å². The Morgan fingerprint density at radius 2 is 2.06 bits per heavy atom. The Morgan fingerprint density at radius 3 is 2.59 bits per heavy atom. The van der Waals surface area contributed by atoms with Crippen LogP contribution < -0.4 is 5.32 Å². The molecule has 0 spiro atoms. The van der Waals surface area contributed by atoms with E-state index in [-0.39, 0.29) is 24.7 Å². The van der Waals surface area contributed by atoms with Crippen molar-refractivity contribution in [1.29, 1.82) is 0 Å². The summed E-state index contributed by atoms with van der Waals surface area (Å²) in [4.78, 5) is 22.8. The van der Waals surface area contributed by atoms with Crippen LogP contribution in [0.2, 0.25) is 0 Å². The summed E-state index contributed by atoms with van der Waals surface area (Å²) in [5, 5.41) is 6.42. The van der Waals surface area contributed by atoms with E-state index in [9.17, 15) is 9.59 Å². The van der Waals surface area contributed by atoms with E-state index < -0.39 is 5.60 Å². The standard InChI is InChI=1S/C12H17NO3S/c1-12(2,3)16-11(15)5-4-10(14)13-9-6-7-17-8-9/h6-8H,4-5H2,1-3H3,(H,13,14). The zero-order valence-corrected chi connectivity index (χ0v) is 11.1. The molecule has 1 aromatic heterocycles. The molecule has 0 bridgehead atoms. The Hall–Kier alpha value is -1.36. The third-order valence-electron chi connectivity index (χ3n) is 1.78. The van der Waals surface area contributed by atoms with Crippen molar-refractivity contribution in [3.05, 3.63) is 16.8 Å². The molecule has 17 heavy (non-hydrogen) atoms. The van der Waals surface area contributed by atoms with Gasteiger partial charge >= 0.3 is 5.97 Å². The minimum Gasteiger partial charge on any atom is -0.460 e. The van der Waals surface area contributed by atoms with Gasteiger partial charge in [-0.25, -0.2) is 0 Å². The maximum atomic E-state index is 11.5. The molecule has 0 unspecified atom stereocenters. The maximum Gasteiger partial charge on any atom is 0.306 e. The van der Waals surface area contributed by atoms with Crippen LogP contribution in [0.25, 0.3) is 0 Å². The van der Waals surface area contributed by atoms with E-state index in [0.717, 1.165) is 5.69 Å². The fourth-order valence-corrected chi connectivity index (χ4v) is 1.76. The molecule has 0 radical (unpaired) electrons. The lowest BCUT2D eigenvalue weighted by atomic mass is 10.2. The summed E-state index contributed by atoms with van der Waals surface area (Å²) in [5.74, 6) is -0.521. The Labute approximate surface area is 105 Å². The van der Waals surface area contributed by atoms with Gasteiger partial charge in [-0.05, 0) is 32.2 Å². The van der Waals surface area contributed by atoms with E-state index in [4.69, 9.17) is 4.74 Å². The van der Waals surface area contributed by atoms with E-state index >= 15 is 0 Å². The molecule has 1 heterocycles. The number of hydrogen-bond donors (Lipinski definition) is 1. The number of carbonyl (C=O) groups is 2. The molecule has 4 nitrogen and oxygen atoms in total. The van der Waals surface area contributed by atoms with Crippen LogP contribution >= 0.6 is 11.3 Å². The van der Waals surface area contributed by atoms with E-state index in [1.54, 1.807) is 20.8 Å². The molecule has 0 fully saturated rings. The zero-order chi connectivity index (χ0) is 12.9. The topological polar surface area (TPSA) is 55.4 Å². The van der Waals surface area contributed by atoms with E-state index in [1.807, 2.05) is 16.8 Å². The molecule has 0 saturated heterocycles. The highest BCUT2D eigenvalue weighted by Crippen LogP contribution is 2.13. The maximum absolute atomic E-state index is 11.5. The van der Waals surface area contributed by atoms with Gasteiger partial charge in [0.1, 0.15) is 5.60 Å². The Morgan fingerprint density at radius 1 is 1.35 bits per heavy atom. The summed E-state index contributed by atoms with van der Waals surface area (Å²) in [6.07, 6.45) is 0.248. The second-order valence-corrected chi connectivity index (χ2v) is 5.43. The highest BCUT2D eigenvalue weighted by atomic mass is 32.1. The van der Waals surface area contributed by atoms with Gasteiger partial charge in [0, 0.05) is 11.8 Å². The SMILES string of the molecule is CC(C)(C)OC(=O)CCC(=O)Nc1ccsc1. The molecule has 1 rings (SSSR count). The molecule has 94 valence electrons. The predicted molar refractivity (Wildman–Crippen MR) is 68.0 cm³/mol. The first kappa shape index (κ1) is 13.7. The van der Waals surface area contributed by atoms with Gasteiger partial charge in [0.05, 0.1) is 12.1 Å². The molecule has 5 heteroatoms. The molecular formula is C12H17NO3S. The van der Waals surface area contributed by atoms with Crippen LogP contribution in [0.5, 0.6) is 0 Å². The van der Waals surface area contributed by atoms with E-state index in [0.29, 0.717) is 0 Å². The monoisotopic (exact) mass is 255 g/mol. The molecule has 0 aliphatic carbocycles. The number of thiophene rings is 1. The Bertz CT molecular complexity index is 379. The first-order valence-corrected chi connectivity index (χ1v) is 6.35. The summed E-state index contributed by atoms with van der Waals surface area (Å²) >= 11 is 1.51. The van der Waals surface area contributed by atoms with E-state index in [2.05, 4.69) is 5.32 Å². The van der Waals surface area contributed by atoms with Gasteiger partial charge in [-0.15, -0.1) is 0 Å². The van der Waals surface area contributed by atoms with Gasteiger partial charge in [0.2, 0.25) is 5.91 Å². The quantitative estimate of drug-likeness (QED) is 0.842. The summed E-state index contributed by atoms with van der Waals surface area (Å²) in [6.45, 7) is 5.41. The zero-order valence-electron chi connectivity index (χ0n) is 10.3. The normalized spacial score (nSPS) is 11.0. The summed E-state index contributed by atoms with van der Waals surface area (Å²) in [6, 6.07) is 1.82. The predicted octanol–water partition coefficient (Wildman–Crippen LogP) is 2.81. The minimum atomic E-state index is -0.499. The van der Waals surface area contributed by atoms with Gasteiger partial charge in [0.15, 0.2) is 0 Å². The van der Waals surface area contributed by atoms with Crippen LogP contribution in [-0.2, 0) is 14.3 Å². The van der Waals surface area contributed by atoms with Crippen molar-refractivity contribution in [2.45, 2.75) is 39.2 Å². The summed E-state index contributed by atoms with van der Waals surface area (Å²) in [5.41, 5.74) is 0.269. The van der Waals surface area contributed by atoms with Crippen LogP contribution in [0, 0.1) is 0 Å². The van der Waals surface area contributed by atoms with Crippen molar-refractivity contribution in [3.8, 4) is 0 Å². The van der Waals surface area contributed by atoms with Crippen molar-refractivity contribution < 1.29 is 14.3 Å². The lowest BCUT2D eigenvalue weighted by molar-refractivity contribution is -0.155. The number of carbonyl (C=O) groups excluding carboxylic acids is 2. The number of rotatable bonds is 4. The number of nitrogens with one attached hydrogen (secondary N) is 1. The Kier molecular flexibility index (Phi) is 4.69. The summed E-state index contributed by atoms with van der Waals surface area (Å²) < 4.78 is 5.11. The summed E-state index contributed by atoms with van der Waals surface area (Å²) in [7, 11) is 0. The van der Waals surface area contributed by atoms with Gasteiger partial charge in [0.25, 0.3) is 0 Å². The van der Waals surface area contributed by atoms with Gasteiger partial charge in [-0.1, -0.05) is 0 Å². The Balaban J connectivity index is 2.26. The van der Waals surface area contributed by atoms with Crippen LogP contribution in [0.1, 0.15) is 33.6 Å². The third-order valence-corrected chi connectivity index (χ3v) is 2.46. The molecule has 1 aromatic rings. The van der Waals surface area contributed by atoms with Crippen molar-refractivity contribution in [2.75, 3.05) is 5.32 Å². The molecule has 0 aromatic carbocycles. The molecular weight excluding hydrogens is 238 g/mol.